The maximum Gasteiger partial charge on any atom is 0.0696 e. The second-order valence-electron chi connectivity index (χ2n) is 4.28. The number of rotatable bonds is 1. The van der Waals surface area contributed by atoms with Gasteiger partial charge in [-0.2, -0.15) is 0 Å². The fourth-order valence-corrected chi connectivity index (χ4v) is 2.58. The first-order valence-electron chi connectivity index (χ1n) is 5.50. The summed E-state index contributed by atoms with van der Waals surface area (Å²) < 4.78 is 0. The molecule has 2 aliphatic heterocycles. The van der Waals surface area contributed by atoms with Crippen molar-refractivity contribution in [3.8, 4) is 0 Å². The highest BCUT2D eigenvalue weighted by Crippen LogP contribution is 2.22. The van der Waals surface area contributed by atoms with Gasteiger partial charge in [-0.05, 0) is 51.2 Å². The van der Waals surface area contributed by atoms with Gasteiger partial charge >= 0.3 is 0 Å². The number of hydrogen-bond donors (Lipinski definition) is 3. The number of nitrogens with one attached hydrogen (secondary N) is 2. The Balaban J connectivity index is 1.88. The molecule has 13 heavy (non-hydrogen) atoms. The van der Waals surface area contributed by atoms with E-state index in [0.29, 0.717) is 12.0 Å². The summed E-state index contributed by atoms with van der Waals surface area (Å²) in [6.45, 7) is 3.33. The standard InChI is InChI=1S/C10H20N2O/c13-9-2-1-5-12-10(9)8-3-6-11-7-4-8/h8-13H,1-7H2. The minimum absolute atomic E-state index is 0.100. The Bertz CT molecular complexity index is 157. The van der Waals surface area contributed by atoms with Crippen molar-refractivity contribution in [3.63, 3.8) is 0 Å². The van der Waals surface area contributed by atoms with E-state index in [1.54, 1.807) is 0 Å². The Labute approximate surface area is 79.9 Å². The van der Waals surface area contributed by atoms with Crippen LogP contribution in [0.3, 0.4) is 0 Å². The van der Waals surface area contributed by atoms with Gasteiger partial charge < -0.3 is 15.7 Å². The first kappa shape index (κ1) is 9.44. The second kappa shape index (κ2) is 4.40. The van der Waals surface area contributed by atoms with Crippen LogP contribution in [-0.4, -0.2) is 36.9 Å². The molecule has 3 heteroatoms. The van der Waals surface area contributed by atoms with Crippen LogP contribution >= 0.6 is 0 Å². The average molecular weight is 184 g/mol. The molecule has 0 aromatic rings. The first-order valence-corrected chi connectivity index (χ1v) is 5.50. The summed E-state index contributed by atoms with van der Waals surface area (Å²) in [6.07, 6.45) is 4.45. The van der Waals surface area contributed by atoms with Gasteiger partial charge in [0.25, 0.3) is 0 Å². The average Bonchev–Trinajstić information content (AvgIpc) is 2.20. The van der Waals surface area contributed by atoms with Crippen LogP contribution < -0.4 is 10.6 Å². The SMILES string of the molecule is OC1CCCNC1C1CCNCC1. The third-order valence-electron chi connectivity index (χ3n) is 3.36. The van der Waals surface area contributed by atoms with Gasteiger partial charge in [0.2, 0.25) is 0 Å². The molecule has 3 nitrogen and oxygen atoms in total. The van der Waals surface area contributed by atoms with Crippen molar-refractivity contribution in [1.82, 2.24) is 10.6 Å². The zero-order chi connectivity index (χ0) is 9.10. The van der Waals surface area contributed by atoms with Gasteiger partial charge in [-0.15, -0.1) is 0 Å². The molecule has 2 heterocycles. The van der Waals surface area contributed by atoms with Crippen molar-refractivity contribution < 1.29 is 5.11 Å². The third-order valence-corrected chi connectivity index (χ3v) is 3.36. The summed E-state index contributed by atoms with van der Waals surface area (Å²) >= 11 is 0. The topological polar surface area (TPSA) is 44.3 Å². The number of hydrogen-bond acceptors (Lipinski definition) is 3. The number of aliphatic hydroxyl groups is 1. The van der Waals surface area contributed by atoms with Gasteiger partial charge in [-0.1, -0.05) is 0 Å². The highest BCUT2D eigenvalue weighted by atomic mass is 16.3. The van der Waals surface area contributed by atoms with Gasteiger partial charge in [0.1, 0.15) is 0 Å². The van der Waals surface area contributed by atoms with E-state index in [1.807, 2.05) is 0 Å². The minimum Gasteiger partial charge on any atom is -0.391 e. The Hall–Kier alpha value is -0.120. The molecule has 0 radical (unpaired) electrons. The molecule has 3 N–H and O–H groups in total. The molecule has 0 aliphatic carbocycles. The number of piperidine rings is 2. The first-order chi connectivity index (χ1) is 6.38. The predicted octanol–water partition coefficient (Wildman–Crippen LogP) is 0.0989. The molecule has 2 atom stereocenters. The van der Waals surface area contributed by atoms with Crippen LogP contribution in [0.1, 0.15) is 25.7 Å². The normalized spacial score (nSPS) is 37.6. The molecule has 2 saturated heterocycles. The van der Waals surface area contributed by atoms with E-state index in [0.717, 1.165) is 32.5 Å². The Morgan fingerprint density at radius 2 is 1.77 bits per heavy atom. The lowest BCUT2D eigenvalue weighted by Crippen LogP contribution is -2.51. The summed E-state index contributed by atoms with van der Waals surface area (Å²) in [7, 11) is 0. The van der Waals surface area contributed by atoms with Crippen LogP contribution in [0, 0.1) is 5.92 Å². The molecular formula is C10H20N2O. The van der Waals surface area contributed by atoms with Crippen molar-refractivity contribution in [2.24, 2.45) is 5.92 Å². The Morgan fingerprint density at radius 1 is 1.00 bits per heavy atom. The highest BCUT2D eigenvalue weighted by Gasteiger charge is 2.30. The van der Waals surface area contributed by atoms with E-state index < -0.39 is 0 Å². The lowest BCUT2D eigenvalue weighted by molar-refractivity contribution is 0.0593. The molecule has 2 unspecified atom stereocenters. The van der Waals surface area contributed by atoms with Gasteiger partial charge in [-0.3, -0.25) is 0 Å². The highest BCUT2D eigenvalue weighted by molar-refractivity contribution is 4.88. The fourth-order valence-electron chi connectivity index (χ4n) is 2.58. The van der Waals surface area contributed by atoms with Crippen LogP contribution in [0.4, 0.5) is 0 Å². The largest absolute Gasteiger partial charge is 0.391 e. The summed E-state index contributed by atoms with van der Waals surface area (Å²) in [5.41, 5.74) is 0. The predicted molar refractivity (Wildman–Crippen MR) is 52.6 cm³/mol. The molecule has 2 aliphatic rings. The van der Waals surface area contributed by atoms with Crippen LogP contribution in [0.25, 0.3) is 0 Å². The van der Waals surface area contributed by atoms with E-state index in [4.69, 9.17) is 0 Å². The summed E-state index contributed by atoms with van der Waals surface area (Å²) in [6, 6.07) is 0.371. The molecular weight excluding hydrogens is 164 g/mol. The summed E-state index contributed by atoms with van der Waals surface area (Å²) in [4.78, 5) is 0. The molecule has 2 rings (SSSR count). The van der Waals surface area contributed by atoms with Crippen molar-refractivity contribution in [2.45, 2.75) is 37.8 Å². The zero-order valence-electron chi connectivity index (χ0n) is 8.13. The van der Waals surface area contributed by atoms with Crippen LogP contribution in [0.15, 0.2) is 0 Å². The van der Waals surface area contributed by atoms with Crippen molar-refractivity contribution in [2.75, 3.05) is 19.6 Å². The van der Waals surface area contributed by atoms with Crippen molar-refractivity contribution >= 4 is 0 Å². The van der Waals surface area contributed by atoms with E-state index in [-0.39, 0.29) is 6.10 Å². The molecule has 0 amide bonds. The zero-order valence-corrected chi connectivity index (χ0v) is 8.13. The summed E-state index contributed by atoms with van der Waals surface area (Å²) in [5.74, 6) is 0.691. The lowest BCUT2D eigenvalue weighted by atomic mass is 9.84. The van der Waals surface area contributed by atoms with E-state index >= 15 is 0 Å². The maximum atomic E-state index is 9.84. The number of aliphatic hydroxyl groups excluding tert-OH is 1. The Kier molecular flexibility index (Phi) is 3.19. The molecule has 0 aromatic heterocycles. The quantitative estimate of drug-likeness (QED) is 0.541. The third kappa shape index (κ3) is 2.22. The van der Waals surface area contributed by atoms with Gasteiger partial charge in [0, 0.05) is 6.04 Å². The lowest BCUT2D eigenvalue weighted by Gasteiger charge is -2.37. The molecule has 0 spiro atoms. The van der Waals surface area contributed by atoms with Gasteiger partial charge in [-0.25, -0.2) is 0 Å². The van der Waals surface area contributed by atoms with Crippen LogP contribution in [0.5, 0.6) is 0 Å². The maximum absolute atomic E-state index is 9.84. The molecule has 0 aromatic carbocycles. The smallest absolute Gasteiger partial charge is 0.0696 e. The van der Waals surface area contributed by atoms with Gasteiger partial charge in [0.05, 0.1) is 6.10 Å². The molecule has 0 bridgehead atoms. The van der Waals surface area contributed by atoms with E-state index in [9.17, 15) is 5.11 Å². The monoisotopic (exact) mass is 184 g/mol. The molecule has 0 saturated carbocycles. The van der Waals surface area contributed by atoms with Crippen LogP contribution in [-0.2, 0) is 0 Å². The van der Waals surface area contributed by atoms with Gasteiger partial charge in [0.15, 0.2) is 0 Å². The fraction of sp³-hybridized carbons (Fsp3) is 1.00. The van der Waals surface area contributed by atoms with Crippen molar-refractivity contribution in [1.29, 1.82) is 0 Å². The minimum atomic E-state index is -0.100. The molecule has 2 fully saturated rings. The van der Waals surface area contributed by atoms with Crippen LogP contribution in [0.2, 0.25) is 0 Å². The molecule has 76 valence electrons. The van der Waals surface area contributed by atoms with E-state index in [1.165, 1.54) is 12.8 Å². The van der Waals surface area contributed by atoms with E-state index in [2.05, 4.69) is 10.6 Å². The summed E-state index contributed by atoms with van der Waals surface area (Å²) in [5, 5.41) is 16.7. The van der Waals surface area contributed by atoms with Crippen molar-refractivity contribution in [3.05, 3.63) is 0 Å². The second-order valence-corrected chi connectivity index (χ2v) is 4.28. The Morgan fingerprint density at radius 3 is 2.46 bits per heavy atom.